The van der Waals surface area contributed by atoms with Crippen LogP contribution in [0.5, 0.6) is 0 Å². The van der Waals surface area contributed by atoms with Crippen LogP contribution in [0.15, 0.2) is 0 Å². The number of hydrogen-bond donors (Lipinski definition) is 2. The Bertz CT molecular complexity index is 638. The first kappa shape index (κ1) is 31.1. The van der Waals surface area contributed by atoms with Crippen molar-refractivity contribution >= 4 is 60.7 Å². The van der Waals surface area contributed by atoms with Gasteiger partial charge in [-0.2, -0.15) is 0 Å². The van der Waals surface area contributed by atoms with E-state index in [1.165, 1.54) is 27.7 Å². The second-order valence-corrected chi connectivity index (χ2v) is 15.5. The first-order chi connectivity index (χ1) is 13.9. The molecule has 12 nitrogen and oxygen atoms in total. The summed E-state index contributed by atoms with van der Waals surface area (Å²) in [5.74, 6) is -1.18. The van der Waals surface area contributed by atoms with E-state index in [1.54, 1.807) is 26.4 Å². The molecule has 0 aliphatic rings. The quantitative estimate of drug-likeness (QED) is 0.194. The number of nitrogens with zero attached hydrogens (tertiary/aromatic N) is 2. The average Bonchev–Trinajstić information content (AvgIpc) is 2.66. The minimum absolute atomic E-state index is 0.0810. The molecule has 0 saturated carbocycles. The molecule has 0 rings (SSSR count). The molecule has 0 aromatic carbocycles. The van der Waals surface area contributed by atoms with Crippen molar-refractivity contribution in [1.82, 2.24) is 9.80 Å². The third kappa shape index (κ3) is 16.7. The summed E-state index contributed by atoms with van der Waals surface area (Å²) in [6.45, 7) is 3.10. The molecule has 2 amide bonds. The summed E-state index contributed by atoms with van der Waals surface area (Å²) in [5.41, 5.74) is -2.51. The zero-order valence-corrected chi connectivity index (χ0v) is 20.6. The van der Waals surface area contributed by atoms with E-state index >= 15 is 0 Å². The monoisotopic (exact) mass is 510 g/mol. The minimum atomic E-state index is -4.33. The molecule has 0 aromatic heterocycles. The Morgan fingerprint density at radius 3 is 1.50 bits per heavy atom. The molecule has 30 heavy (non-hydrogen) atoms. The summed E-state index contributed by atoms with van der Waals surface area (Å²) < 4.78 is 31.7. The van der Waals surface area contributed by atoms with Crippen LogP contribution < -0.4 is 0 Å². The molecule has 0 spiro atoms. The number of carbonyl (C=O) groups is 4. The zero-order valence-electron chi connectivity index (χ0n) is 17.2. The van der Waals surface area contributed by atoms with Crippen molar-refractivity contribution in [2.24, 2.45) is 0 Å². The smallest absolute Gasteiger partial charge is 0.344 e. The van der Waals surface area contributed by atoms with E-state index < -0.39 is 37.9 Å². The Kier molecular flexibility index (Phi) is 17.3. The summed E-state index contributed by atoms with van der Waals surface area (Å²) in [4.78, 5) is 61.9. The van der Waals surface area contributed by atoms with Gasteiger partial charge in [0.1, 0.15) is 19.4 Å². The van der Waals surface area contributed by atoms with Gasteiger partial charge in [0.15, 0.2) is 0 Å². The molecule has 0 radical (unpaired) electrons. The Labute approximate surface area is 183 Å². The van der Waals surface area contributed by atoms with Gasteiger partial charge in [-0.15, -0.1) is 0 Å². The number of amides is 2. The SMILES string of the molecule is CCOC(=O)CN(C=O)CP(=O)(O)O.CCOC(=O)CN(C=O)CP(=O)(SC)SC. The van der Waals surface area contributed by atoms with E-state index in [0.717, 1.165) is 0 Å². The molecule has 0 aliphatic carbocycles. The van der Waals surface area contributed by atoms with Crippen LogP contribution in [0.2, 0.25) is 0 Å². The molecule has 0 fully saturated rings. The first-order valence-electron chi connectivity index (χ1n) is 8.35. The number of hydrogen-bond acceptors (Lipinski definition) is 10. The van der Waals surface area contributed by atoms with E-state index in [0.29, 0.717) is 11.3 Å². The van der Waals surface area contributed by atoms with Crippen molar-refractivity contribution in [3.63, 3.8) is 0 Å². The summed E-state index contributed by atoms with van der Waals surface area (Å²) >= 11 is 2.44. The standard InChI is InChI=1S/C8H16NO4PS2.C6H12NO6P/c1-4-13-8(11)5-9(6-10)7-14(12,15-2)16-3;1-2-13-6(9)3-7(4-8)5-14(10,11)12/h6H,4-5,7H2,1-3H3;4H,2-3,5H2,1H3,(H2,10,11,12). The Balaban J connectivity index is 0. The Morgan fingerprint density at radius 2 is 1.23 bits per heavy atom. The number of ether oxygens (including phenoxy) is 2. The molecule has 16 heteroatoms. The lowest BCUT2D eigenvalue weighted by Crippen LogP contribution is -2.30. The molecule has 0 bridgehead atoms. The summed E-state index contributed by atoms with van der Waals surface area (Å²) in [6, 6.07) is 0. The number of rotatable bonds is 14. The van der Waals surface area contributed by atoms with E-state index in [-0.39, 0.29) is 32.5 Å². The van der Waals surface area contributed by atoms with Crippen molar-refractivity contribution in [1.29, 1.82) is 0 Å². The van der Waals surface area contributed by atoms with Gasteiger partial charge in [0.25, 0.3) is 0 Å². The van der Waals surface area contributed by atoms with Crippen molar-refractivity contribution in [3.05, 3.63) is 0 Å². The number of carbonyl (C=O) groups excluding carboxylic acids is 4. The topological polar surface area (TPSA) is 168 Å². The fourth-order valence-corrected chi connectivity index (χ4v) is 6.64. The highest BCUT2D eigenvalue weighted by molar-refractivity contribution is 8.90. The van der Waals surface area contributed by atoms with Crippen LogP contribution in [0.1, 0.15) is 13.8 Å². The van der Waals surface area contributed by atoms with E-state index in [4.69, 9.17) is 14.5 Å². The molecule has 0 aromatic rings. The maximum Gasteiger partial charge on any atom is 0.344 e. The molecular weight excluding hydrogens is 482 g/mol. The molecular formula is C14H28N2O10P2S2. The van der Waals surface area contributed by atoms with Crippen LogP contribution in [0.3, 0.4) is 0 Å². The largest absolute Gasteiger partial charge is 0.465 e. The highest BCUT2D eigenvalue weighted by Crippen LogP contribution is 2.66. The number of esters is 2. The van der Waals surface area contributed by atoms with Crippen molar-refractivity contribution in [3.8, 4) is 0 Å². The molecule has 176 valence electrons. The fourth-order valence-electron chi connectivity index (χ4n) is 1.64. The van der Waals surface area contributed by atoms with Crippen molar-refractivity contribution < 1.29 is 47.6 Å². The van der Waals surface area contributed by atoms with Crippen molar-refractivity contribution in [2.45, 2.75) is 13.8 Å². The van der Waals surface area contributed by atoms with E-state index in [2.05, 4.69) is 4.74 Å². The predicted molar refractivity (Wildman–Crippen MR) is 115 cm³/mol. The van der Waals surface area contributed by atoms with Gasteiger partial charge in [-0.25, -0.2) is 0 Å². The lowest BCUT2D eigenvalue weighted by Gasteiger charge is -2.20. The zero-order chi connectivity index (χ0) is 23.8. The molecule has 0 heterocycles. The predicted octanol–water partition coefficient (Wildman–Crippen LogP) is 1.03. The summed E-state index contributed by atoms with van der Waals surface area (Å²) in [5, 5.41) is 0. The van der Waals surface area contributed by atoms with Gasteiger partial charge in [-0.05, 0) is 26.4 Å². The summed E-state index contributed by atoms with van der Waals surface area (Å²) in [6.07, 6.45) is 3.47. The molecule has 0 saturated heterocycles. The second kappa shape index (κ2) is 16.6. The molecule has 2 N–H and O–H groups in total. The highest BCUT2D eigenvalue weighted by atomic mass is 33.1. The normalized spacial score (nSPS) is 10.9. The molecule has 0 aliphatic heterocycles. The van der Waals surface area contributed by atoms with Gasteiger partial charge < -0.3 is 29.1 Å². The van der Waals surface area contributed by atoms with Crippen LogP contribution in [0, 0.1) is 0 Å². The average molecular weight is 510 g/mol. The minimum Gasteiger partial charge on any atom is -0.465 e. The van der Waals surface area contributed by atoms with Gasteiger partial charge >= 0.3 is 19.5 Å². The van der Waals surface area contributed by atoms with Crippen LogP contribution in [0.25, 0.3) is 0 Å². The third-order valence-corrected chi connectivity index (χ3v) is 12.1. The van der Waals surface area contributed by atoms with Gasteiger partial charge in [0.05, 0.1) is 19.5 Å². The van der Waals surface area contributed by atoms with Crippen LogP contribution in [-0.4, -0.2) is 95.7 Å². The lowest BCUT2D eigenvalue weighted by molar-refractivity contribution is -0.146. The van der Waals surface area contributed by atoms with Crippen molar-refractivity contribution in [2.75, 3.05) is 51.4 Å². The fraction of sp³-hybridized carbons (Fsp3) is 0.714. The van der Waals surface area contributed by atoms with Gasteiger partial charge in [-0.3, -0.25) is 28.3 Å². The summed E-state index contributed by atoms with van der Waals surface area (Å²) in [7, 11) is -4.33. The lowest BCUT2D eigenvalue weighted by atomic mass is 10.6. The Hall–Kier alpha value is -1.04. The van der Waals surface area contributed by atoms with E-state index in [9.17, 15) is 28.3 Å². The maximum absolute atomic E-state index is 12.0. The second-order valence-electron chi connectivity index (χ2n) is 5.24. The van der Waals surface area contributed by atoms with Crippen LogP contribution >= 0.6 is 35.9 Å². The Morgan fingerprint density at radius 1 is 0.867 bits per heavy atom. The maximum atomic E-state index is 12.0. The van der Waals surface area contributed by atoms with Crippen LogP contribution in [-0.2, 0) is 37.8 Å². The van der Waals surface area contributed by atoms with Gasteiger partial charge in [0.2, 0.25) is 18.4 Å². The molecule has 0 atom stereocenters. The van der Waals surface area contributed by atoms with Crippen LogP contribution in [0.4, 0.5) is 0 Å². The highest BCUT2D eigenvalue weighted by Gasteiger charge is 2.24. The van der Waals surface area contributed by atoms with Gasteiger partial charge in [-0.1, -0.05) is 22.8 Å². The van der Waals surface area contributed by atoms with E-state index in [1.807, 2.05) is 0 Å². The first-order valence-corrected chi connectivity index (χ1v) is 15.7. The van der Waals surface area contributed by atoms with Gasteiger partial charge in [0, 0.05) is 0 Å². The molecule has 0 unspecified atom stereocenters. The third-order valence-electron chi connectivity index (χ3n) is 2.85.